The van der Waals surface area contributed by atoms with Gasteiger partial charge < -0.3 is 5.32 Å². The van der Waals surface area contributed by atoms with Crippen LogP contribution in [0.2, 0.25) is 0 Å². The molecule has 0 bridgehead atoms. The molecule has 0 aliphatic carbocycles. The Bertz CT molecular complexity index is 486. The van der Waals surface area contributed by atoms with Gasteiger partial charge in [-0.15, -0.1) is 0 Å². The molecule has 0 spiro atoms. The summed E-state index contributed by atoms with van der Waals surface area (Å²) in [5.41, 5.74) is 3.88. The van der Waals surface area contributed by atoms with E-state index in [0.717, 1.165) is 6.54 Å². The molecule has 2 aromatic rings. The van der Waals surface area contributed by atoms with E-state index in [4.69, 9.17) is 0 Å². The fourth-order valence-corrected chi connectivity index (χ4v) is 1.70. The number of rotatable bonds is 4. The first-order chi connectivity index (χ1) is 8.36. The van der Waals surface area contributed by atoms with E-state index in [1.165, 1.54) is 16.7 Å². The van der Waals surface area contributed by atoms with Crippen LogP contribution in [-0.4, -0.2) is 0 Å². The molecule has 0 atom stereocenters. The van der Waals surface area contributed by atoms with E-state index < -0.39 is 0 Å². The summed E-state index contributed by atoms with van der Waals surface area (Å²) in [6, 6.07) is 18.7. The Hall–Kier alpha value is -2.02. The van der Waals surface area contributed by atoms with Gasteiger partial charge in [0.1, 0.15) is 0 Å². The van der Waals surface area contributed by atoms with Crippen molar-refractivity contribution in [3.05, 3.63) is 77.5 Å². The molecule has 0 aromatic heterocycles. The van der Waals surface area contributed by atoms with Crippen LogP contribution in [0.3, 0.4) is 0 Å². The SMILES string of the molecule is Cc1ccccc1CNC=Cc1ccccc1. The molecule has 2 aromatic carbocycles. The quantitative estimate of drug-likeness (QED) is 0.832. The van der Waals surface area contributed by atoms with E-state index in [9.17, 15) is 0 Å². The van der Waals surface area contributed by atoms with Crippen LogP contribution in [0.4, 0.5) is 0 Å². The van der Waals surface area contributed by atoms with Crippen LogP contribution < -0.4 is 5.32 Å². The zero-order valence-corrected chi connectivity index (χ0v) is 10.1. The molecule has 0 saturated heterocycles. The minimum atomic E-state index is 0.871. The van der Waals surface area contributed by atoms with Gasteiger partial charge >= 0.3 is 0 Å². The van der Waals surface area contributed by atoms with Crippen LogP contribution in [0.1, 0.15) is 16.7 Å². The summed E-state index contributed by atoms with van der Waals surface area (Å²) in [4.78, 5) is 0. The molecule has 1 nitrogen and oxygen atoms in total. The van der Waals surface area contributed by atoms with E-state index in [1.807, 2.05) is 24.4 Å². The van der Waals surface area contributed by atoms with Crippen LogP contribution in [0.15, 0.2) is 60.8 Å². The topological polar surface area (TPSA) is 12.0 Å². The zero-order valence-electron chi connectivity index (χ0n) is 10.1. The molecule has 17 heavy (non-hydrogen) atoms. The van der Waals surface area contributed by atoms with Crippen molar-refractivity contribution >= 4 is 6.08 Å². The van der Waals surface area contributed by atoms with Gasteiger partial charge in [0.15, 0.2) is 0 Å². The summed E-state index contributed by atoms with van der Waals surface area (Å²) in [6.07, 6.45) is 4.08. The lowest BCUT2D eigenvalue weighted by Crippen LogP contribution is -2.05. The van der Waals surface area contributed by atoms with E-state index in [-0.39, 0.29) is 0 Å². The molecule has 0 radical (unpaired) electrons. The van der Waals surface area contributed by atoms with E-state index >= 15 is 0 Å². The van der Waals surface area contributed by atoms with Crippen molar-refractivity contribution < 1.29 is 0 Å². The average molecular weight is 223 g/mol. The summed E-state index contributed by atoms with van der Waals surface area (Å²) in [5.74, 6) is 0. The first kappa shape index (κ1) is 11.5. The first-order valence-corrected chi connectivity index (χ1v) is 5.86. The highest BCUT2D eigenvalue weighted by atomic mass is 14.8. The maximum Gasteiger partial charge on any atom is 0.0397 e. The summed E-state index contributed by atoms with van der Waals surface area (Å²) in [7, 11) is 0. The fraction of sp³-hybridized carbons (Fsp3) is 0.125. The first-order valence-electron chi connectivity index (χ1n) is 5.86. The van der Waals surface area contributed by atoms with Gasteiger partial charge in [0, 0.05) is 6.54 Å². The highest BCUT2D eigenvalue weighted by molar-refractivity contribution is 5.48. The van der Waals surface area contributed by atoms with Crippen molar-refractivity contribution in [2.24, 2.45) is 0 Å². The molecular weight excluding hydrogens is 206 g/mol. The van der Waals surface area contributed by atoms with Crippen molar-refractivity contribution in [3.63, 3.8) is 0 Å². The monoisotopic (exact) mass is 223 g/mol. The molecule has 0 saturated carbocycles. The highest BCUT2D eigenvalue weighted by Crippen LogP contribution is 2.06. The van der Waals surface area contributed by atoms with E-state index in [1.54, 1.807) is 0 Å². The van der Waals surface area contributed by atoms with Crippen molar-refractivity contribution in [2.45, 2.75) is 13.5 Å². The molecule has 0 unspecified atom stereocenters. The zero-order chi connectivity index (χ0) is 11.9. The highest BCUT2D eigenvalue weighted by Gasteiger charge is 1.93. The minimum Gasteiger partial charge on any atom is -0.387 e. The Balaban J connectivity index is 1.88. The van der Waals surface area contributed by atoms with Crippen LogP contribution in [0.25, 0.3) is 6.08 Å². The fourth-order valence-electron chi connectivity index (χ4n) is 1.70. The molecule has 0 aliphatic rings. The van der Waals surface area contributed by atoms with Gasteiger partial charge in [0.2, 0.25) is 0 Å². The maximum atomic E-state index is 3.31. The Labute approximate surface area is 103 Å². The normalized spacial score (nSPS) is 10.6. The Kier molecular flexibility index (Phi) is 3.98. The second-order valence-electron chi connectivity index (χ2n) is 4.05. The predicted octanol–water partition coefficient (Wildman–Crippen LogP) is 3.76. The molecule has 1 heteroatoms. The van der Waals surface area contributed by atoms with E-state index in [2.05, 4.69) is 54.7 Å². The number of hydrogen-bond acceptors (Lipinski definition) is 1. The standard InChI is InChI=1S/C16H17N/c1-14-7-5-6-10-16(14)13-17-12-11-15-8-3-2-4-9-15/h2-12,17H,13H2,1H3. The molecule has 0 heterocycles. The Morgan fingerprint density at radius 1 is 0.941 bits per heavy atom. The predicted molar refractivity (Wildman–Crippen MR) is 73.5 cm³/mol. The van der Waals surface area contributed by atoms with Crippen molar-refractivity contribution in [2.75, 3.05) is 0 Å². The summed E-state index contributed by atoms with van der Waals surface area (Å²) in [6.45, 7) is 3.01. The van der Waals surface area contributed by atoms with Gasteiger partial charge in [-0.1, -0.05) is 54.6 Å². The third kappa shape index (κ3) is 3.49. The van der Waals surface area contributed by atoms with Gasteiger partial charge in [-0.25, -0.2) is 0 Å². The smallest absolute Gasteiger partial charge is 0.0397 e. The second kappa shape index (κ2) is 5.90. The maximum absolute atomic E-state index is 3.31. The summed E-state index contributed by atoms with van der Waals surface area (Å²) >= 11 is 0. The molecule has 2 rings (SSSR count). The van der Waals surface area contributed by atoms with Crippen molar-refractivity contribution in [3.8, 4) is 0 Å². The van der Waals surface area contributed by atoms with Crippen LogP contribution in [0, 0.1) is 6.92 Å². The third-order valence-electron chi connectivity index (χ3n) is 2.75. The largest absolute Gasteiger partial charge is 0.387 e. The van der Waals surface area contributed by atoms with E-state index in [0.29, 0.717) is 0 Å². The molecule has 0 aliphatic heterocycles. The van der Waals surface area contributed by atoms with Crippen molar-refractivity contribution in [1.29, 1.82) is 0 Å². The molecule has 1 N–H and O–H groups in total. The number of nitrogens with one attached hydrogen (secondary N) is 1. The summed E-state index contributed by atoms with van der Waals surface area (Å²) in [5, 5.41) is 3.31. The minimum absolute atomic E-state index is 0.871. The van der Waals surface area contributed by atoms with Crippen LogP contribution >= 0.6 is 0 Å². The summed E-state index contributed by atoms with van der Waals surface area (Å²) < 4.78 is 0. The van der Waals surface area contributed by atoms with Crippen LogP contribution in [0.5, 0.6) is 0 Å². The molecule has 86 valence electrons. The molecule has 0 amide bonds. The van der Waals surface area contributed by atoms with Gasteiger partial charge in [0.25, 0.3) is 0 Å². The van der Waals surface area contributed by atoms with Crippen LogP contribution in [-0.2, 0) is 6.54 Å². The second-order valence-corrected chi connectivity index (χ2v) is 4.05. The van der Waals surface area contributed by atoms with Gasteiger partial charge in [-0.3, -0.25) is 0 Å². The van der Waals surface area contributed by atoms with Gasteiger partial charge in [0.05, 0.1) is 0 Å². The number of benzene rings is 2. The average Bonchev–Trinajstić information content (AvgIpc) is 2.38. The lowest BCUT2D eigenvalue weighted by atomic mass is 10.1. The molecular formula is C16H17N. The molecule has 0 fully saturated rings. The lowest BCUT2D eigenvalue weighted by molar-refractivity contribution is 0.866. The van der Waals surface area contributed by atoms with Gasteiger partial charge in [-0.05, 0) is 35.9 Å². The number of hydrogen-bond donors (Lipinski definition) is 1. The Morgan fingerprint density at radius 2 is 1.65 bits per heavy atom. The Morgan fingerprint density at radius 3 is 2.41 bits per heavy atom. The van der Waals surface area contributed by atoms with Crippen molar-refractivity contribution in [1.82, 2.24) is 5.32 Å². The number of aryl methyl sites for hydroxylation is 1. The third-order valence-corrected chi connectivity index (χ3v) is 2.75. The lowest BCUT2D eigenvalue weighted by Gasteiger charge is -2.04. The van der Waals surface area contributed by atoms with Gasteiger partial charge in [-0.2, -0.15) is 0 Å².